The van der Waals surface area contributed by atoms with Gasteiger partial charge in [0.2, 0.25) is 0 Å². The van der Waals surface area contributed by atoms with Crippen LogP contribution in [0, 0.1) is 11.3 Å². The van der Waals surface area contributed by atoms with Crippen molar-refractivity contribution in [2.75, 3.05) is 17.7 Å². The number of nitrogens with one attached hydrogen (secondary N) is 3. The number of carbonyl (C=O) groups excluding carboxylic acids is 2. The number of carbonyl (C=O) groups is 2. The number of nitrogens with zero attached hydrogens (tertiary/aromatic N) is 6. The number of likely N-dealkylation sites (N-methyl/N-ethyl adjacent to an activating group) is 1. The molecule has 0 spiro atoms. The fourth-order valence-electron chi connectivity index (χ4n) is 3.13. The van der Waals surface area contributed by atoms with Gasteiger partial charge < -0.3 is 16.0 Å². The molecule has 0 radical (unpaired) electrons. The maximum atomic E-state index is 12.2. The van der Waals surface area contributed by atoms with Gasteiger partial charge in [-0.25, -0.2) is 14.8 Å². The van der Waals surface area contributed by atoms with E-state index in [1.54, 1.807) is 28.9 Å². The molecule has 3 amide bonds. The number of imide groups is 1. The third-order valence-corrected chi connectivity index (χ3v) is 4.96. The molecule has 0 unspecified atom stereocenters. The summed E-state index contributed by atoms with van der Waals surface area (Å²) in [6.07, 6.45) is 6.78. The van der Waals surface area contributed by atoms with E-state index < -0.39 is 11.9 Å². The molecule has 0 atom stereocenters. The van der Waals surface area contributed by atoms with Crippen LogP contribution in [0.4, 0.5) is 22.2 Å². The van der Waals surface area contributed by atoms with Crippen molar-refractivity contribution >= 4 is 41.1 Å². The van der Waals surface area contributed by atoms with Gasteiger partial charge in [0.25, 0.3) is 5.91 Å². The van der Waals surface area contributed by atoms with Crippen molar-refractivity contribution in [2.24, 2.45) is 0 Å². The lowest BCUT2D eigenvalue weighted by Gasteiger charge is -2.11. The molecule has 11 heteroatoms. The maximum absolute atomic E-state index is 12.2. The van der Waals surface area contributed by atoms with Gasteiger partial charge in [-0.15, -0.1) is 0 Å². The molecule has 1 saturated carbocycles. The summed E-state index contributed by atoms with van der Waals surface area (Å²) in [5.74, 6) is 1.38. The number of hydrogen-bond donors (Lipinski definition) is 3. The largest absolute Gasteiger partial charge is 0.367 e. The summed E-state index contributed by atoms with van der Waals surface area (Å²) in [6.45, 7) is 0. The first-order valence-electron chi connectivity index (χ1n) is 9.61. The SMILES string of the molecule is CN1C(=O)N/C(=C\c2cnn3c(NC4CC4)cc(Nc4ccc(C#N)cn4)nc23)C1=O. The lowest BCUT2D eigenvalue weighted by Crippen LogP contribution is -2.25. The minimum atomic E-state index is -0.481. The van der Waals surface area contributed by atoms with Crippen molar-refractivity contribution < 1.29 is 9.59 Å². The van der Waals surface area contributed by atoms with Crippen LogP contribution in [0.25, 0.3) is 11.7 Å². The summed E-state index contributed by atoms with van der Waals surface area (Å²) < 4.78 is 1.66. The van der Waals surface area contributed by atoms with Gasteiger partial charge in [-0.05, 0) is 31.1 Å². The third kappa shape index (κ3) is 3.51. The highest BCUT2D eigenvalue weighted by molar-refractivity contribution is 6.14. The average molecular weight is 415 g/mol. The number of nitriles is 1. The van der Waals surface area contributed by atoms with Crippen molar-refractivity contribution in [3.8, 4) is 6.07 Å². The molecular weight excluding hydrogens is 398 g/mol. The molecule has 4 heterocycles. The normalized spacial score (nSPS) is 17.2. The predicted octanol–water partition coefficient (Wildman–Crippen LogP) is 1.84. The van der Waals surface area contributed by atoms with Crippen LogP contribution in [-0.2, 0) is 4.79 Å². The van der Waals surface area contributed by atoms with Gasteiger partial charge in [-0.3, -0.25) is 9.69 Å². The summed E-state index contributed by atoms with van der Waals surface area (Å²) in [5.41, 5.74) is 1.70. The smallest absolute Gasteiger partial charge is 0.328 e. The Morgan fingerprint density at radius 3 is 2.74 bits per heavy atom. The standard InChI is InChI=1S/C20H17N9O2/c1-28-19(30)14(25-20(28)31)6-12-10-23-29-17(24-13-3-4-13)7-16(27-18(12)29)26-15-5-2-11(8-21)9-22-15/h2,5-7,9-10,13,24H,3-4H2,1H3,(H,25,31)(H,22,26,27)/b14-6-. The Morgan fingerprint density at radius 1 is 1.26 bits per heavy atom. The highest BCUT2D eigenvalue weighted by Crippen LogP contribution is 2.28. The first kappa shape index (κ1) is 18.6. The monoisotopic (exact) mass is 415 g/mol. The Hall–Kier alpha value is -4.46. The lowest BCUT2D eigenvalue weighted by atomic mass is 10.2. The zero-order chi connectivity index (χ0) is 21.5. The molecule has 0 aromatic carbocycles. The Kier molecular flexibility index (Phi) is 4.25. The van der Waals surface area contributed by atoms with E-state index >= 15 is 0 Å². The van der Waals surface area contributed by atoms with Crippen molar-refractivity contribution in [1.29, 1.82) is 5.26 Å². The fourth-order valence-corrected chi connectivity index (χ4v) is 3.13. The molecule has 5 rings (SSSR count). The topological polar surface area (TPSA) is 140 Å². The summed E-state index contributed by atoms with van der Waals surface area (Å²) in [5, 5.41) is 22.5. The number of hydrogen-bond acceptors (Lipinski definition) is 8. The summed E-state index contributed by atoms with van der Waals surface area (Å²) in [7, 11) is 1.41. The number of urea groups is 1. The molecule has 3 N–H and O–H groups in total. The van der Waals surface area contributed by atoms with Gasteiger partial charge in [0.05, 0.1) is 11.8 Å². The number of pyridine rings is 1. The molecule has 2 aliphatic rings. The fraction of sp³-hybridized carbons (Fsp3) is 0.200. The number of aromatic nitrogens is 4. The molecule has 1 aliphatic heterocycles. The van der Waals surface area contributed by atoms with E-state index in [0.29, 0.717) is 34.5 Å². The van der Waals surface area contributed by atoms with E-state index in [0.717, 1.165) is 23.6 Å². The van der Waals surface area contributed by atoms with E-state index in [1.807, 2.05) is 12.1 Å². The zero-order valence-electron chi connectivity index (χ0n) is 16.5. The molecule has 0 bridgehead atoms. The van der Waals surface area contributed by atoms with E-state index in [9.17, 15) is 9.59 Å². The Morgan fingerprint density at radius 2 is 2.10 bits per heavy atom. The number of amides is 3. The van der Waals surface area contributed by atoms with Gasteiger partial charge in [-0.2, -0.15) is 14.9 Å². The van der Waals surface area contributed by atoms with Gasteiger partial charge in [-0.1, -0.05) is 0 Å². The highest BCUT2D eigenvalue weighted by Gasteiger charge is 2.30. The number of anilines is 3. The van der Waals surface area contributed by atoms with Crippen LogP contribution in [0.15, 0.2) is 36.3 Å². The van der Waals surface area contributed by atoms with Crippen molar-refractivity contribution in [3.63, 3.8) is 0 Å². The molecule has 3 aromatic heterocycles. The van der Waals surface area contributed by atoms with Gasteiger partial charge in [0.15, 0.2) is 5.65 Å². The van der Waals surface area contributed by atoms with Crippen molar-refractivity contribution in [1.82, 2.24) is 29.8 Å². The van der Waals surface area contributed by atoms with Gasteiger partial charge in [0, 0.05) is 30.9 Å². The van der Waals surface area contributed by atoms with Crippen LogP contribution < -0.4 is 16.0 Å². The Balaban J connectivity index is 1.55. The van der Waals surface area contributed by atoms with E-state index in [4.69, 9.17) is 5.26 Å². The second-order valence-corrected chi connectivity index (χ2v) is 7.30. The quantitative estimate of drug-likeness (QED) is 0.423. The van der Waals surface area contributed by atoms with E-state index in [-0.39, 0.29) is 5.70 Å². The minimum Gasteiger partial charge on any atom is -0.367 e. The molecular formula is C20H17N9O2. The average Bonchev–Trinajstić information content (AvgIpc) is 3.45. The van der Waals surface area contributed by atoms with Crippen LogP contribution in [0.3, 0.4) is 0 Å². The maximum Gasteiger partial charge on any atom is 0.328 e. The van der Waals surface area contributed by atoms with Crippen LogP contribution in [0.5, 0.6) is 0 Å². The first-order valence-corrected chi connectivity index (χ1v) is 9.61. The first-order chi connectivity index (χ1) is 15.0. The number of rotatable bonds is 5. The van der Waals surface area contributed by atoms with Crippen LogP contribution >= 0.6 is 0 Å². The third-order valence-electron chi connectivity index (χ3n) is 4.96. The molecule has 1 aliphatic carbocycles. The second-order valence-electron chi connectivity index (χ2n) is 7.30. The Bertz CT molecular complexity index is 1280. The molecule has 1 saturated heterocycles. The summed E-state index contributed by atoms with van der Waals surface area (Å²) >= 11 is 0. The van der Waals surface area contributed by atoms with Crippen LogP contribution in [0.2, 0.25) is 0 Å². The van der Waals surface area contributed by atoms with Crippen LogP contribution in [0.1, 0.15) is 24.0 Å². The molecule has 31 heavy (non-hydrogen) atoms. The van der Waals surface area contributed by atoms with E-state index in [1.165, 1.54) is 13.2 Å². The zero-order valence-corrected chi connectivity index (χ0v) is 16.5. The summed E-state index contributed by atoms with van der Waals surface area (Å²) in [4.78, 5) is 33.8. The van der Waals surface area contributed by atoms with E-state index in [2.05, 4.69) is 31.0 Å². The summed E-state index contributed by atoms with van der Waals surface area (Å²) in [6, 6.07) is 7.11. The minimum absolute atomic E-state index is 0.160. The van der Waals surface area contributed by atoms with Crippen LogP contribution in [-0.4, -0.2) is 49.5 Å². The molecule has 2 fully saturated rings. The highest BCUT2D eigenvalue weighted by atomic mass is 16.2. The van der Waals surface area contributed by atoms with Crippen molar-refractivity contribution in [2.45, 2.75) is 18.9 Å². The Labute approximate surface area is 176 Å². The number of fused-ring (bicyclic) bond motifs is 1. The van der Waals surface area contributed by atoms with Crippen molar-refractivity contribution in [3.05, 3.63) is 47.4 Å². The second kappa shape index (κ2) is 7.10. The predicted molar refractivity (Wildman–Crippen MR) is 111 cm³/mol. The molecule has 11 nitrogen and oxygen atoms in total. The lowest BCUT2D eigenvalue weighted by molar-refractivity contribution is -0.121. The van der Waals surface area contributed by atoms with Gasteiger partial charge in [0.1, 0.15) is 29.2 Å². The molecule has 3 aromatic rings. The van der Waals surface area contributed by atoms with Gasteiger partial charge >= 0.3 is 6.03 Å². The molecule has 154 valence electrons.